The summed E-state index contributed by atoms with van der Waals surface area (Å²) < 4.78 is 5.08. The fourth-order valence-corrected chi connectivity index (χ4v) is 2.94. The second-order valence-corrected chi connectivity index (χ2v) is 6.02. The van der Waals surface area contributed by atoms with E-state index in [1.54, 1.807) is 0 Å². The van der Waals surface area contributed by atoms with Crippen molar-refractivity contribution in [3.63, 3.8) is 0 Å². The van der Waals surface area contributed by atoms with Gasteiger partial charge in [-0.3, -0.25) is 9.98 Å². The van der Waals surface area contributed by atoms with Crippen LogP contribution in [0.4, 0.5) is 6.01 Å². The predicted molar refractivity (Wildman–Crippen MR) is 88.9 cm³/mol. The predicted octanol–water partition coefficient (Wildman–Crippen LogP) is 1.89. The van der Waals surface area contributed by atoms with Crippen LogP contribution in [0.15, 0.2) is 69.3 Å². The molecule has 0 atom stereocenters. The summed E-state index contributed by atoms with van der Waals surface area (Å²) in [5, 5.41) is 12.5. The van der Waals surface area contributed by atoms with Crippen molar-refractivity contribution in [1.82, 2.24) is 10.2 Å². The Morgan fingerprint density at radius 2 is 1.75 bits per heavy atom. The zero-order chi connectivity index (χ0) is 16.4. The fourth-order valence-electron chi connectivity index (χ4n) is 2.94. The molecule has 6 heteroatoms. The smallest absolute Gasteiger partial charge is 0.315 e. The van der Waals surface area contributed by atoms with Crippen molar-refractivity contribution in [2.75, 3.05) is 5.32 Å². The van der Waals surface area contributed by atoms with Crippen molar-refractivity contribution in [2.24, 2.45) is 9.98 Å². The monoisotopic (exact) mass is 319 g/mol. The Morgan fingerprint density at radius 3 is 2.46 bits per heavy atom. The standard InChI is InChI=1S/C18H17N5O/c1-18(21-15-7-2-3-8-16(15)22-18)10-13-5-4-6-14(9-13)11-19-17-23-20-12-24-17/h2-9,12H,10-11H2,1H3,(H,19,23). The maximum absolute atomic E-state index is 5.08. The summed E-state index contributed by atoms with van der Waals surface area (Å²) in [6.07, 6.45) is 2.07. The lowest BCUT2D eigenvalue weighted by molar-refractivity contribution is 0.490. The lowest BCUT2D eigenvalue weighted by Gasteiger charge is -2.18. The highest BCUT2D eigenvalue weighted by Crippen LogP contribution is 2.20. The Morgan fingerprint density at radius 1 is 1.00 bits per heavy atom. The van der Waals surface area contributed by atoms with E-state index < -0.39 is 5.66 Å². The average Bonchev–Trinajstić information content (AvgIpc) is 3.19. The van der Waals surface area contributed by atoms with Gasteiger partial charge in [-0.1, -0.05) is 41.5 Å². The van der Waals surface area contributed by atoms with Crippen LogP contribution in [-0.2, 0) is 13.0 Å². The molecule has 0 amide bonds. The number of anilines is 1. The minimum Gasteiger partial charge on any atom is -0.411 e. The first-order valence-electron chi connectivity index (χ1n) is 7.83. The van der Waals surface area contributed by atoms with Gasteiger partial charge in [0.2, 0.25) is 6.39 Å². The lowest BCUT2D eigenvalue weighted by Crippen LogP contribution is -2.21. The first kappa shape index (κ1) is 14.6. The normalized spacial score (nSPS) is 14.5. The van der Waals surface area contributed by atoms with Crippen molar-refractivity contribution >= 4 is 6.01 Å². The van der Waals surface area contributed by atoms with Gasteiger partial charge in [0.15, 0.2) is 5.66 Å². The van der Waals surface area contributed by atoms with E-state index in [1.165, 1.54) is 12.0 Å². The molecule has 6 nitrogen and oxygen atoms in total. The highest BCUT2D eigenvalue weighted by Gasteiger charge is 2.25. The van der Waals surface area contributed by atoms with Gasteiger partial charge in [0.1, 0.15) is 0 Å². The highest BCUT2D eigenvalue weighted by atomic mass is 16.4. The topological polar surface area (TPSA) is 75.7 Å². The van der Waals surface area contributed by atoms with Crippen LogP contribution in [0.25, 0.3) is 0 Å². The minimum atomic E-state index is -0.442. The molecule has 0 unspecified atom stereocenters. The van der Waals surface area contributed by atoms with E-state index >= 15 is 0 Å². The van der Waals surface area contributed by atoms with Gasteiger partial charge in [-0.25, -0.2) is 0 Å². The molecule has 0 radical (unpaired) electrons. The molecule has 4 rings (SSSR count). The van der Waals surface area contributed by atoms with E-state index in [0.29, 0.717) is 12.6 Å². The molecule has 2 heterocycles. The molecule has 0 fully saturated rings. The molecule has 120 valence electrons. The molecule has 3 aromatic rings. The number of rotatable bonds is 5. The van der Waals surface area contributed by atoms with Gasteiger partial charge in [0, 0.05) is 13.0 Å². The van der Waals surface area contributed by atoms with E-state index in [4.69, 9.17) is 14.4 Å². The van der Waals surface area contributed by atoms with Crippen molar-refractivity contribution in [2.45, 2.75) is 25.6 Å². The van der Waals surface area contributed by atoms with E-state index in [0.717, 1.165) is 22.7 Å². The van der Waals surface area contributed by atoms with E-state index in [9.17, 15) is 0 Å². The molecule has 0 saturated carbocycles. The van der Waals surface area contributed by atoms with Gasteiger partial charge >= 0.3 is 6.01 Å². The van der Waals surface area contributed by atoms with Crippen LogP contribution in [0, 0.1) is 0 Å². The molecule has 2 aromatic carbocycles. The third-order valence-electron chi connectivity index (χ3n) is 3.94. The van der Waals surface area contributed by atoms with Gasteiger partial charge in [-0.05, 0) is 30.2 Å². The van der Waals surface area contributed by atoms with E-state index in [-0.39, 0.29) is 0 Å². The van der Waals surface area contributed by atoms with Crippen molar-refractivity contribution in [1.29, 1.82) is 0 Å². The molecule has 1 aliphatic rings. The lowest BCUT2D eigenvalue weighted by atomic mass is 10.0. The van der Waals surface area contributed by atoms with Crippen molar-refractivity contribution in [3.8, 4) is 0 Å². The van der Waals surface area contributed by atoms with Gasteiger partial charge in [0.05, 0.1) is 10.7 Å². The summed E-state index contributed by atoms with van der Waals surface area (Å²) in [4.78, 5) is 9.56. The molecule has 1 aliphatic heterocycles. The Bertz CT molecular complexity index is 930. The Hall–Kier alpha value is -3.02. The summed E-state index contributed by atoms with van der Waals surface area (Å²) in [7, 11) is 0. The van der Waals surface area contributed by atoms with Crippen LogP contribution in [0.5, 0.6) is 0 Å². The SMILES string of the molecule is CC1(Cc2cccc(CNc3nnco3)c2)N=c2ccccc2=N1. The van der Waals surface area contributed by atoms with Crippen LogP contribution >= 0.6 is 0 Å². The van der Waals surface area contributed by atoms with Crippen molar-refractivity contribution < 1.29 is 4.42 Å². The second-order valence-electron chi connectivity index (χ2n) is 6.02. The zero-order valence-electron chi connectivity index (χ0n) is 13.3. The van der Waals surface area contributed by atoms with Crippen molar-refractivity contribution in [3.05, 3.63) is 76.8 Å². The molecule has 0 saturated heterocycles. The van der Waals surface area contributed by atoms with Gasteiger partial charge < -0.3 is 9.73 Å². The molecule has 1 aromatic heterocycles. The van der Waals surface area contributed by atoms with Crippen LogP contribution in [-0.4, -0.2) is 15.9 Å². The Labute approximate surface area is 139 Å². The summed E-state index contributed by atoms with van der Waals surface area (Å²) >= 11 is 0. The number of para-hydroxylation sites is 2. The zero-order valence-corrected chi connectivity index (χ0v) is 13.3. The molecule has 24 heavy (non-hydrogen) atoms. The maximum Gasteiger partial charge on any atom is 0.315 e. The highest BCUT2D eigenvalue weighted by molar-refractivity contribution is 5.29. The van der Waals surface area contributed by atoms with E-state index in [1.807, 2.05) is 30.3 Å². The number of nitrogens with zero attached hydrogens (tertiary/aromatic N) is 4. The number of benzene rings is 2. The van der Waals surface area contributed by atoms with Crippen LogP contribution in [0.2, 0.25) is 0 Å². The minimum absolute atomic E-state index is 0.420. The molecule has 0 bridgehead atoms. The third kappa shape index (κ3) is 3.03. The molecular formula is C18H17N5O. The quantitative estimate of drug-likeness (QED) is 0.779. The van der Waals surface area contributed by atoms with Crippen LogP contribution in [0.1, 0.15) is 18.1 Å². The average molecular weight is 319 g/mol. The summed E-state index contributed by atoms with van der Waals surface area (Å²) in [6.45, 7) is 2.69. The van der Waals surface area contributed by atoms with Gasteiger partial charge in [0.25, 0.3) is 0 Å². The second kappa shape index (κ2) is 5.88. The summed E-state index contributed by atoms with van der Waals surface area (Å²) in [5.41, 5.74) is 1.90. The summed E-state index contributed by atoms with van der Waals surface area (Å²) in [5.74, 6) is 0. The first-order valence-corrected chi connectivity index (χ1v) is 7.83. The third-order valence-corrected chi connectivity index (χ3v) is 3.94. The van der Waals surface area contributed by atoms with E-state index in [2.05, 4.69) is 40.6 Å². The summed E-state index contributed by atoms with van der Waals surface area (Å²) in [6, 6.07) is 16.8. The molecule has 1 N–H and O–H groups in total. The van der Waals surface area contributed by atoms with Gasteiger partial charge in [-0.15, -0.1) is 5.10 Å². The van der Waals surface area contributed by atoms with Crippen LogP contribution in [0.3, 0.4) is 0 Å². The number of nitrogens with one attached hydrogen (secondary N) is 1. The molecular weight excluding hydrogens is 302 g/mol. The molecule has 0 aliphatic carbocycles. The number of fused-ring (bicyclic) bond motifs is 1. The largest absolute Gasteiger partial charge is 0.411 e. The van der Waals surface area contributed by atoms with Gasteiger partial charge in [-0.2, -0.15) is 0 Å². The number of hydrogen-bond donors (Lipinski definition) is 1. The molecule has 0 spiro atoms. The Balaban J connectivity index is 1.51. The first-order chi connectivity index (χ1) is 11.7. The number of hydrogen-bond acceptors (Lipinski definition) is 6. The Kier molecular flexibility index (Phi) is 3.57. The fraction of sp³-hybridized carbons (Fsp3) is 0.222. The number of aromatic nitrogens is 2. The maximum atomic E-state index is 5.08. The van der Waals surface area contributed by atoms with Crippen LogP contribution < -0.4 is 16.0 Å².